The second kappa shape index (κ2) is 8.61. The van der Waals surface area contributed by atoms with E-state index in [1.54, 1.807) is 30.3 Å². The number of aryl methyl sites for hydroxylation is 1. The molecule has 158 valence electrons. The number of fused-ring (bicyclic) bond motifs is 1. The van der Waals surface area contributed by atoms with Crippen molar-refractivity contribution >= 4 is 29.5 Å². The first kappa shape index (κ1) is 21.4. The van der Waals surface area contributed by atoms with Gasteiger partial charge in [-0.3, -0.25) is 19.3 Å². The first-order valence-electron chi connectivity index (χ1n) is 10.1. The molecule has 0 bridgehead atoms. The van der Waals surface area contributed by atoms with Gasteiger partial charge in [0, 0.05) is 30.3 Å². The molecule has 1 aliphatic heterocycles. The van der Waals surface area contributed by atoms with Gasteiger partial charge in [0.25, 0.3) is 11.8 Å². The molecule has 3 rings (SSSR count). The van der Waals surface area contributed by atoms with Crippen LogP contribution in [0.15, 0.2) is 30.3 Å². The molecular weight excluding hydrogens is 382 g/mol. The minimum Gasteiger partial charge on any atom is -0.354 e. The van der Waals surface area contributed by atoms with E-state index in [-0.39, 0.29) is 17.7 Å². The van der Waals surface area contributed by atoms with Crippen LogP contribution in [0.3, 0.4) is 0 Å². The number of imide groups is 1. The zero-order chi connectivity index (χ0) is 21.9. The summed E-state index contributed by atoms with van der Waals surface area (Å²) in [5.74, 6) is 0.201. The lowest BCUT2D eigenvalue weighted by atomic mass is 9.96. The van der Waals surface area contributed by atoms with Gasteiger partial charge in [-0.1, -0.05) is 32.9 Å². The van der Waals surface area contributed by atoms with E-state index in [9.17, 15) is 14.4 Å². The standard InChI is InChI=1S/C22H27N5O3/c1-5-23-21-24-14(13-17(26-21)25-20(30)22(2,3)4)9-8-12-27-18(28)15-10-6-7-11-16(15)19(27)29/h6-7,10-11,13H,5,8-9,12H2,1-4H3,(H2,23,24,25,26,30). The summed E-state index contributed by atoms with van der Waals surface area (Å²) in [6.45, 7) is 8.38. The van der Waals surface area contributed by atoms with E-state index in [1.165, 1.54) is 4.90 Å². The van der Waals surface area contributed by atoms with E-state index in [4.69, 9.17) is 0 Å². The Balaban J connectivity index is 1.68. The molecule has 2 N–H and O–H groups in total. The Morgan fingerprint density at radius 1 is 1.07 bits per heavy atom. The van der Waals surface area contributed by atoms with E-state index in [0.29, 0.717) is 48.8 Å². The van der Waals surface area contributed by atoms with Gasteiger partial charge in [-0.05, 0) is 31.9 Å². The van der Waals surface area contributed by atoms with Crippen LogP contribution in [0.25, 0.3) is 0 Å². The largest absolute Gasteiger partial charge is 0.354 e. The predicted octanol–water partition coefficient (Wildman–Crippen LogP) is 3.12. The molecule has 2 aromatic rings. The maximum atomic E-state index is 12.5. The van der Waals surface area contributed by atoms with Crippen LogP contribution in [-0.2, 0) is 11.2 Å². The summed E-state index contributed by atoms with van der Waals surface area (Å²) in [6.07, 6.45) is 1.09. The first-order valence-corrected chi connectivity index (χ1v) is 10.1. The lowest BCUT2D eigenvalue weighted by Crippen LogP contribution is -2.31. The molecule has 3 amide bonds. The molecule has 0 fully saturated rings. The smallest absolute Gasteiger partial charge is 0.261 e. The predicted molar refractivity (Wildman–Crippen MR) is 114 cm³/mol. The second-order valence-electron chi connectivity index (χ2n) is 8.21. The molecule has 0 aliphatic carbocycles. The number of nitrogens with zero attached hydrogens (tertiary/aromatic N) is 3. The second-order valence-corrected chi connectivity index (χ2v) is 8.21. The van der Waals surface area contributed by atoms with Crippen molar-refractivity contribution in [2.45, 2.75) is 40.5 Å². The fourth-order valence-corrected chi connectivity index (χ4v) is 3.09. The molecule has 0 radical (unpaired) electrons. The number of benzene rings is 1. The summed E-state index contributed by atoms with van der Waals surface area (Å²) in [5, 5.41) is 5.90. The number of nitrogens with one attached hydrogen (secondary N) is 2. The van der Waals surface area contributed by atoms with Crippen molar-refractivity contribution in [1.29, 1.82) is 0 Å². The fourth-order valence-electron chi connectivity index (χ4n) is 3.09. The van der Waals surface area contributed by atoms with Crippen LogP contribution in [0.5, 0.6) is 0 Å². The molecule has 8 nitrogen and oxygen atoms in total. The molecule has 0 saturated heterocycles. The monoisotopic (exact) mass is 409 g/mol. The van der Waals surface area contributed by atoms with Crippen LogP contribution in [0, 0.1) is 5.41 Å². The molecule has 2 heterocycles. The highest BCUT2D eigenvalue weighted by molar-refractivity contribution is 6.21. The number of aromatic nitrogens is 2. The van der Waals surface area contributed by atoms with Crippen molar-refractivity contribution in [1.82, 2.24) is 14.9 Å². The van der Waals surface area contributed by atoms with Crippen molar-refractivity contribution in [3.05, 3.63) is 47.2 Å². The maximum absolute atomic E-state index is 12.5. The molecule has 1 aromatic heterocycles. The van der Waals surface area contributed by atoms with E-state index >= 15 is 0 Å². The Kier molecular flexibility index (Phi) is 6.14. The SMILES string of the molecule is CCNc1nc(CCCN2C(=O)c3ccccc3C2=O)cc(NC(=O)C(C)(C)C)n1. The van der Waals surface area contributed by atoms with Gasteiger partial charge < -0.3 is 10.6 Å². The van der Waals surface area contributed by atoms with Gasteiger partial charge in [-0.25, -0.2) is 4.98 Å². The summed E-state index contributed by atoms with van der Waals surface area (Å²) in [6, 6.07) is 8.58. The van der Waals surface area contributed by atoms with E-state index in [0.717, 1.165) is 5.69 Å². The zero-order valence-electron chi connectivity index (χ0n) is 17.8. The lowest BCUT2D eigenvalue weighted by molar-refractivity contribution is -0.123. The van der Waals surface area contributed by atoms with Gasteiger partial charge in [0.05, 0.1) is 11.1 Å². The Bertz CT molecular complexity index is 946. The minimum absolute atomic E-state index is 0.138. The Morgan fingerprint density at radius 3 is 2.27 bits per heavy atom. The molecular formula is C22H27N5O3. The first-order chi connectivity index (χ1) is 14.2. The van der Waals surface area contributed by atoms with Crippen molar-refractivity contribution < 1.29 is 14.4 Å². The minimum atomic E-state index is -0.547. The van der Waals surface area contributed by atoms with Gasteiger partial charge in [-0.2, -0.15) is 4.98 Å². The number of rotatable bonds is 7. The average Bonchev–Trinajstić information content (AvgIpc) is 2.92. The average molecular weight is 409 g/mol. The quantitative estimate of drug-likeness (QED) is 0.681. The van der Waals surface area contributed by atoms with Crippen LogP contribution < -0.4 is 10.6 Å². The fraction of sp³-hybridized carbons (Fsp3) is 0.409. The van der Waals surface area contributed by atoms with Crippen LogP contribution in [-0.4, -0.2) is 45.7 Å². The summed E-state index contributed by atoms with van der Waals surface area (Å²) in [4.78, 5) is 47.4. The number of anilines is 2. The molecule has 1 aliphatic rings. The third kappa shape index (κ3) is 4.64. The third-order valence-electron chi connectivity index (χ3n) is 4.73. The van der Waals surface area contributed by atoms with Crippen molar-refractivity contribution in [2.75, 3.05) is 23.7 Å². The molecule has 0 unspecified atom stereocenters. The van der Waals surface area contributed by atoms with Crippen LogP contribution in [0.1, 0.15) is 60.5 Å². The van der Waals surface area contributed by atoms with Gasteiger partial charge in [0.2, 0.25) is 11.9 Å². The lowest BCUT2D eigenvalue weighted by Gasteiger charge is -2.18. The zero-order valence-corrected chi connectivity index (χ0v) is 17.8. The van der Waals surface area contributed by atoms with Gasteiger partial charge in [-0.15, -0.1) is 0 Å². The van der Waals surface area contributed by atoms with Crippen LogP contribution >= 0.6 is 0 Å². The molecule has 30 heavy (non-hydrogen) atoms. The van der Waals surface area contributed by atoms with E-state index in [2.05, 4.69) is 20.6 Å². The number of hydrogen-bond donors (Lipinski definition) is 2. The Labute approximate surface area is 176 Å². The van der Waals surface area contributed by atoms with Crippen LogP contribution in [0.2, 0.25) is 0 Å². The molecule has 8 heteroatoms. The number of amides is 3. The topological polar surface area (TPSA) is 104 Å². The van der Waals surface area contributed by atoms with E-state index in [1.807, 2.05) is 27.7 Å². The van der Waals surface area contributed by atoms with Crippen LogP contribution in [0.4, 0.5) is 11.8 Å². The summed E-state index contributed by atoms with van der Waals surface area (Å²) >= 11 is 0. The molecule has 0 spiro atoms. The molecule has 1 aromatic carbocycles. The van der Waals surface area contributed by atoms with E-state index < -0.39 is 5.41 Å². The number of hydrogen-bond acceptors (Lipinski definition) is 6. The van der Waals surface area contributed by atoms with Crippen molar-refractivity contribution in [3.63, 3.8) is 0 Å². The Hall–Kier alpha value is -3.29. The highest BCUT2D eigenvalue weighted by Crippen LogP contribution is 2.23. The number of carbonyl (C=O) groups excluding carboxylic acids is 3. The third-order valence-corrected chi connectivity index (χ3v) is 4.73. The van der Waals surface area contributed by atoms with Gasteiger partial charge in [0.1, 0.15) is 5.82 Å². The molecule has 0 saturated carbocycles. The Morgan fingerprint density at radius 2 is 1.70 bits per heavy atom. The normalized spacial score (nSPS) is 13.4. The summed E-state index contributed by atoms with van der Waals surface area (Å²) < 4.78 is 0. The highest BCUT2D eigenvalue weighted by atomic mass is 16.2. The highest BCUT2D eigenvalue weighted by Gasteiger charge is 2.34. The molecule has 0 atom stereocenters. The maximum Gasteiger partial charge on any atom is 0.261 e. The summed E-state index contributed by atoms with van der Waals surface area (Å²) in [7, 11) is 0. The summed E-state index contributed by atoms with van der Waals surface area (Å²) in [5.41, 5.74) is 1.08. The number of carbonyl (C=O) groups is 3. The van der Waals surface area contributed by atoms with Crippen molar-refractivity contribution in [2.24, 2.45) is 5.41 Å². The van der Waals surface area contributed by atoms with Gasteiger partial charge >= 0.3 is 0 Å². The van der Waals surface area contributed by atoms with Crippen molar-refractivity contribution in [3.8, 4) is 0 Å². The van der Waals surface area contributed by atoms with Gasteiger partial charge in [0.15, 0.2) is 0 Å².